The molecule has 0 atom stereocenters. The Balaban J connectivity index is 2.37. The number of nitrogens with zero attached hydrogens (tertiary/aromatic N) is 2. The number of aryl methyl sites for hydroxylation is 2. The van der Waals surface area contributed by atoms with E-state index in [1.807, 2.05) is 6.92 Å². The number of benzene rings is 1. The molecule has 0 amide bonds. The normalized spacial score (nSPS) is 10.2. The van der Waals surface area contributed by atoms with E-state index in [4.69, 9.17) is 5.84 Å². The first kappa shape index (κ1) is 12.3. The highest BCUT2D eigenvalue weighted by Crippen LogP contribution is 2.24. The van der Waals surface area contributed by atoms with Gasteiger partial charge in [-0.3, -0.25) is 0 Å². The number of rotatable bonds is 3. The average Bonchev–Trinajstić information content (AvgIpc) is 2.36. The minimum atomic E-state index is 0.623. The Morgan fingerprint density at radius 1 is 1.06 bits per heavy atom. The molecule has 5 nitrogen and oxygen atoms in total. The van der Waals surface area contributed by atoms with Crippen molar-refractivity contribution in [1.29, 1.82) is 0 Å². The smallest absolute Gasteiger partial charge is 0.148 e. The van der Waals surface area contributed by atoms with Crippen molar-refractivity contribution in [3.8, 4) is 0 Å². The molecule has 1 aromatic heterocycles. The predicted octanol–water partition coefficient (Wildman–Crippen LogP) is 2.43. The molecule has 5 heteroatoms. The van der Waals surface area contributed by atoms with Crippen LogP contribution in [0.5, 0.6) is 0 Å². The second kappa shape index (κ2) is 5.01. The lowest BCUT2D eigenvalue weighted by molar-refractivity contribution is 1.10. The molecule has 2 aromatic rings. The van der Waals surface area contributed by atoms with E-state index in [1.54, 1.807) is 0 Å². The van der Waals surface area contributed by atoms with Gasteiger partial charge in [0.25, 0.3) is 0 Å². The summed E-state index contributed by atoms with van der Waals surface area (Å²) in [6, 6.07) is 6.25. The monoisotopic (exact) mass is 243 g/mol. The molecule has 4 N–H and O–H groups in total. The molecule has 0 saturated heterocycles. The number of hydrogen-bond acceptors (Lipinski definition) is 5. The molecule has 0 fully saturated rings. The molecule has 94 valence electrons. The van der Waals surface area contributed by atoms with Crippen LogP contribution in [0.15, 0.2) is 24.5 Å². The van der Waals surface area contributed by atoms with Crippen molar-refractivity contribution in [1.82, 2.24) is 9.97 Å². The summed E-state index contributed by atoms with van der Waals surface area (Å²) < 4.78 is 0. The average molecular weight is 243 g/mol. The van der Waals surface area contributed by atoms with Gasteiger partial charge in [0.05, 0.1) is 0 Å². The minimum absolute atomic E-state index is 0.623. The van der Waals surface area contributed by atoms with Gasteiger partial charge < -0.3 is 10.7 Å². The molecule has 0 radical (unpaired) electrons. The van der Waals surface area contributed by atoms with Gasteiger partial charge in [-0.25, -0.2) is 15.8 Å². The lowest BCUT2D eigenvalue weighted by Crippen LogP contribution is -2.11. The van der Waals surface area contributed by atoms with E-state index in [0.717, 1.165) is 17.1 Å². The van der Waals surface area contributed by atoms with Crippen LogP contribution in [-0.4, -0.2) is 9.97 Å². The molecule has 0 saturated carbocycles. The number of hydrogen-bond donors (Lipinski definition) is 3. The SMILES string of the molecule is Cc1ccc(C)c(Nc2ncnc(NN)c2C)c1. The van der Waals surface area contributed by atoms with Crippen LogP contribution in [-0.2, 0) is 0 Å². The third-order valence-electron chi connectivity index (χ3n) is 2.87. The highest BCUT2D eigenvalue weighted by atomic mass is 15.3. The van der Waals surface area contributed by atoms with Gasteiger partial charge in [-0.1, -0.05) is 12.1 Å². The maximum absolute atomic E-state index is 5.40. The second-order valence-corrected chi connectivity index (χ2v) is 4.28. The fraction of sp³-hybridized carbons (Fsp3) is 0.231. The molecule has 0 unspecified atom stereocenters. The third-order valence-corrected chi connectivity index (χ3v) is 2.87. The van der Waals surface area contributed by atoms with Crippen molar-refractivity contribution in [2.45, 2.75) is 20.8 Å². The number of anilines is 3. The van der Waals surface area contributed by atoms with Crippen LogP contribution in [0, 0.1) is 20.8 Å². The molecule has 1 heterocycles. The summed E-state index contributed by atoms with van der Waals surface area (Å²) in [6.07, 6.45) is 1.48. The summed E-state index contributed by atoms with van der Waals surface area (Å²) in [5.41, 5.74) is 6.86. The Bertz CT molecular complexity index is 565. The van der Waals surface area contributed by atoms with E-state index in [1.165, 1.54) is 17.5 Å². The maximum atomic E-state index is 5.40. The number of nitrogen functional groups attached to an aromatic ring is 1. The molecule has 2 rings (SSSR count). The number of nitrogens with one attached hydrogen (secondary N) is 2. The van der Waals surface area contributed by atoms with Crippen molar-refractivity contribution in [2.75, 3.05) is 10.7 Å². The van der Waals surface area contributed by atoms with E-state index in [-0.39, 0.29) is 0 Å². The molecule has 0 aliphatic carbocycles. The molecule has 18 heavy (non-hydrogen) atoms. The number of aromatic nitrogens is 2. The number of hydrazine groups is 1. The fourth-order valence-corrected chi connectivity index (χ4v) is 1.72. The van der Waals surface area contributed by atoms with Crippen LogP contribution in [0.1, 0.15) is 16.7 Å². The fourth-order valence-electron chi connectivity index (χ4n) is 1.72. The Hall–Kier alpha value is -2.14. The van der Waals surface area contributed by atoms with Gasteiger partial charge in [-0.15, -0.1) is 0 Å². The van der Waals surface area contributed by atoms with Crippen LogP contribution in [0.25, 0.3) is 0 Å². The first-order chi connectivity index (χ1) is 8.61. The van der Waals surface area contributed by atoms with Gasteiger partial charge in [0.15, 0.2) is 0 Å². The lowest BCUT2D eigenvalue weighted by Gasteiger charge is -2.13. The van der Waals surface area contributed by atoms with Gasteiger partial charge in [0.2, 0.25) is 0 Å². The van der Waals surface area contributed by atoms with Crippen LogP contribution >= 0.6 is 0 Å². The van der Waals surface area contributed by atoms with Crippen molar-refractivity contribution >= 4 is 17.3 Å². The first-order valence-corrected chi connectivity index (χ1v) is 5.74. The summed E-state index contributed by atoms with van der Waals surface area (Å²) >= 11 is 0. The molecule has 0 bridgehead atoms. The van der Waals surface area contributed by atoms with Crippen molar-refractivity contribution < 1.29 is 0 Å². The largest absolute Gasteiger partial charge is 0.340 e. The van der Waals surface area contributed by atoms with Crippen LogP contribution in [0.3, 0.4) is 0 Å². The molecule has 0 aliphatic rings. The highest BCUT2D eigenvalue weighted by molar-refractivity contribution is 5.66. The number of nitrogens with two attached hydrogens (primary N) is 1. The summed E-state index contributed by atoms with van der Waals surface area (Å²) in [5, 5.41) is 3.31. The zero-order valence-electron chi connectivity index (χ0n) is 10.8. The van der Waals surface area contributed by atoms with E-state index in [0.29, 0.717) is 5.82 Å². The first-order valence-electron chi connectivity index (χ1n) is 5.74. The summed E-state index contributed by atoms with van der Waals surface area (Å²) in [4.78, 5) is 8.29. The second-order valence-electron chi connectivity index (χ2n) is 4.28. The van der Waals surface area contributed by atoms with Crippen LogP contribution in [0.4, 0.5) is 17.3 Å². The zero-order chi connectivity index (χ0) is 13.1. The van der Waals surface area contributed by atoms with Crippen molar-refractivity contribution in [3.05, 3.63) is 41.2 Å². The Kier molecular flexibility index (Phi) is 3.43. The molecular formula is C13H17N5. The van der Waals surface area contributed by atoms with Gasteiger partial charge in [-0.2, -0.15) is 0 Å². The van der Waals surface area contributed by atoms with Gasteiger partial charge in [0, 0.05) is 11.3 Å². The van der Waals surface area contributed by atoms with E-state index < -0.39 is 0 Å². The Morgan fingerprint density at radius 2 is 1.78 bits per heavy atom. The molecule has 0 spiro atoms. The van der Waals surface area contributed by atoms with Gasteiger partial charge >= 0.3 is 0 Å². The predicted molar refractivity (Wildman–Crippen MR) is 73.8 cm³/mol. The topological polar surface area (TPSA) is 75.9 Å². The van der Waals surface area contributed by atoms with E-state index in [9.17, 15) is 0 Å². The standard InChI is InChI=1S/C13H17N5/c1-8-4-5-9(2)11(6-8)17-12-10(3)13(18-14)16-7-15-12/h4-7H,14H2,1-3H3,(H2,15,16,17,18). The summed E-state index contributed by atoms with van der Waals surface area (Å²) in [7, 11) is 0. The molecule has 1 aromatic carbocycles. The van der Waals surface area contributed by atoms with Gasteiger partial charge in [-0.05, 0) is 38.0 Å². The maximum Gasteiger partial charge on any atom is 0.148 e. The third kappa shape index (κ3) is 2.41. The van der Waals surface area contributed by atoms with Crippen LogP contribution < -0.4 is 16.6 Å². The highest BCUT2D eigenvalue weighted by Gasteiger charge is 2.07. The van der Waals surface area contributed by atoms with E-state index in [2.05, 4.69) is 52.8 Å². The van der Waals surface area contributed by atoms with E-state index >= 15 is 0 Å². The Morgan fingerprint density at radius 3 is 2.50 bits per heavy atom. The Labute approximate surface area is 106 Å². The van der Waals surface area contributed by atoms with Crippen molar-refractivity contribution in [2.24, 2.45) is 5.84 Å². The minimum Gasteiger partial charge on any atom is -0.340 e. The molecular weight excluding hydrogens is 226 g/mol. The van der Waals surface area contributed by atoms with Gasteiger partial charge in [0.1, 0.15) is 18.0 Å². The lowest BCUT2D eigenvalue weighted by atomic mass is 10.1. The zero-order valence-corrected chi connectivity index (χ0v) is 10.8. The quantitative estimate of drug-likeness (QED) is 0.570. The van der Waals surface area contributed by atoms with Crippen LogP contribution in [0.2, 0.25) is 0 Å². The summed E-state index contributed by atoms with van der Waals surface area (Å²) in [6.45, 7) is 6.04. The summed E-state index contributed by atoms with van der Waals surface area (Å²) in [5.74, 6) is 6.78. The van der Waals surface area contributed by atoms with Crippen molar-refractivity contribution in [3.63, 3.8) is 0 Å². The molecule has 0 aliphatic heterocycles.